The van der Waals surface area contributed by atoms with E-state index in [1.54, 1.807) is 0 Å². The predicted octanol–water partition coefficient (Wildman–Crippen LogP) is 1.61. The van der Waals surface area contributed by atoms with Crippen LogP contribution < -0.4 is 5.32 Å². The van der Waals surface area contributed by atoms with Gasteiger partial charge in [0.1, 0.15) is 5.82 Å². The van der Waals surface area contributed by atoms with Crippen LogP contribution in [0.15, 0.2) is 12.3 Å². The first kappa shape index (κ1) is 13.4. The molecule has 0 radical (unpaired) electrons. The molecular weight excluding hydrogens is 224 g/mol. The lowest BCUT2D eigenvalue weighted by Gasteiger charge is -2.29. The van der Waals surface area contributed by atoms with Gasteiger partial charge in [0, 0.05) is 50.5 Å². The normalized spacial score (nSPS) is 19.1. The fraction of sp³-hybridized carbons (Fsp3) is 0.714. The minimum atomic E-state index is 0.404. The fourth-order valence-corrected chi connectivity index (χ4v) is 2.31. The largest absolute Gasteiger partial charge is 0.314 e. The second-order valence-electron chi connectivity index (χ2n) is 5.45. The van der Waals surface area contributed by atoms with Crippen LogP contribution in [-0.4, -0.2) is 47.6 Å². The van der Waals surface area contributed by atoms with E-state index in [4.69, 9.17) is 0 Å². The number of nitrogens with one attached hydrogen (secondary N) is 1. The van der Waals surface area contributed by atoms with Gasteiger partial charge >= 0.3 is 0 Å². The van der Waals surface area contributed by atoms with E-state index in [2.05, 4.69) is 41.0 Å². The van der Waals surface area contributed by atoms with Crippen LogP contribution in [-0.2, 0) is 0 Å². The average Bonchev–Trinajstić information content (AvgIpc) is 2.40. The molecule has 4 heteroatoms. The zero-order valence-electron chi connectivity index (χ0n) is 11.7. The molecule has 1 fully saturated rings. The Hall–Kier alpha value is -1.00. The lowest BCUT2D eigenvalue weighted by Crippen LogP contribution is -2.44. The molecule has 1 atom stereocenters. The van der Waals surface area contributed by atoms with Crippen LogP contribution in [0.2, 0.25) is 0 Å². The topological polar surface area (TPSA) is 41.1 Å². The van der Waals surface area contributed by atoms with Gasteiger partial charge in [0.15, 0.2) is 0 Å². The summed E-state index contributed by atoms with van der Waals surface area (Å²) in [5.41, 5.74) is 1.15. The zero-order valence-corrected chi connectivity index (χ0v) is 11.7. The summed E-state index contributed by atoms with van der Waals surface area (Å²) in [5, 5.41) is 3.38. The molecule has 0 spiro atoms. The third kappa shape index (κ3) is 3.50. The monoisotopic (exact) mass is 248 g/mol. The fourth-order valence-electron chi connectivity index (χ4n) is 2.31. The highest BCUT2D eigenvalue weighted by Gasteiger charge is 2.16. The van der Waals surface area contributed by atoms with Crippen molar-refractivity contribution in [1.82, 2.24) is 20.2 Å². The van der Waals surface area contributed by atoms with Gasteiger partial charge in [-0.3, -0.25) is 0 Å². The van der Waals surface area contributed by atoms with Crippen LogP contribution in [0.5, 0.6) is 0 Å². The summed E-state index contributed by atoms with van der Waals surface area (Å²) in [4.78, 5) is 11.6. The van der Waals surface area contributed by atoms with E-state index >= 15 is 0 Å². The zero-order chi connectivity index (χ0) is 13.0. The van der Waals surface area contributed by atoms with Crippen LogP contribution in [0.1, 0.15) is 44.1 Å². The summed E-state index contributed by atoms with van der Waals surface area (Å²) in [6.07, 6.45) is 1.89. The van der Waals surface area contributed by atoms with Gasteiger partial charge in [-0.15, -0.1) is 0 Å². The third-order valence-corrected chi connectivity index (χ3v) is 3.47. The maximum atomic E-state index is 4.68. The van der Waals surface area contributed by atoms with E-state index in [-0.39, 0.29) is 0 Å². The predicted molar refractivity (Wildman–Crippen MR) is 73.8 cm³/mol. The summed E-state index contributed by atoms with van der Waals surface area (Å²) in [6.45, 7) is 12.1. The van der Waals surface area contributed by atoms with Crippen LogP contribution >= 0.6 is 0 Å². The van der Waals surface area contributed by atoms with Crippen molar-refractivity contribution in [3.63, 3.8) is 0 Å². The Morgan fingerprint density at radius 2 is 2.00 bits per heavy atom. The minimum Gasteiger partial charge on any atom is -0.314 e. The van der Waals surface area contributed by atoms with Crippen molar-refractivity contribution < 1.29 is 0 Å². The van der Waals surface area contributed by atoms with Crippen molar-refractivity contribution >= 4 is 0 Å². The Kier molecular flexibility index (Phi) is 4.66. The first-order chi connectivity index (χ1) is 8.66. The highest BCUT2D eigenvalue weighted by molar-refractivity contribution is 5.09. The molecule has 1 aromatic heterocycles. The van der Waals surface area contributed by atoms with Gasteiger partial charge in [-0.25, -0.2) is 9.97 Å². The smallest absolute Gasteiger partial charge is 0.132 e. The Morgan fingerprint density at radius 3 is 2.67 bits per heavy atom. The van der Waals surface area contributed by atoms with Gasteiger partial charge in [-0.2, -0.15) is 0 Å². The van der Waals surface area contributed by atoms with Gasteiger partial charge in [0.2, 0.25) is 0 Å². The Labute approximate surface area is 110 Å². The SMILES string of the molecule is CC(C)c1ccnc(C(C)CN2CCNCC2)n1. The molecule has 100 valence electrons. The molecule has 0 amide bonds. The Morgan fingerprint density at radius 1 is 1.28 bits per heavy atom. The molecule has 0 aromatic carbocycles. The molecular formula is C14H24N4. The standard InChI is InChI=1S/C14H24N4/c1-11(2)13-4-5-16-14(17-13)12(3)10-18-8-6-15-7-9-18/h4-5,11-12,15H,6-10H2,1-3H3. The molecule has 1 N–H and O–H groups in total. The second-order valence-corrected chi connectivity index (χ2v) is 5.45. The summed E-state index contributed by atoms with van der Waals surface area (Å²) < 4.78 is 0. The van der Waals surface area contributed by atoms with Crippen molar-refractivity contribution in [1.29, 1.82) is 0 Å². The summed E-state index contributed by atoms with van der Waals surface area (Å²) in [7, 11) is 0. The van der Waals surface area contributed by atoms with E-state index in [0.29, 0.717) is 11.8 Å². The number of hydrogen-bond donors (Lipinski definition) is 1. The maximum Gasteiger partial charge on any atom is 0.132 e. The quantitative estimate of drug-likeness (QED) is 0.879. The average molecular weight is 248 g/mol. The van der Waals surface area contributed by atoms with Crippen LogP contribution in [0.4, 0.5) is 0 Å². The van der Waals surface area contributed by atoms with E-state index < -0.39 is 0 Å². The number of rotatable bonds is 4. The van der Waals surface area contributed by atoms with Crippen LogP contribution in [0, 0.1) is 0 Å². The minimum absolute atomic E-state index is 0.404. The molecule has 2 rings (SSSR count). The Balaban J connectivity index is 1.99. The molecule has 0 saturated carbocycles. The first-order valence-electron chi connectivity index (χ1n) is 6.92. The van der Waals surface area contributed by atoms with Crippen molar-refractivity contribution in [2.24, 2.45) is 0 Å². The highest BCUT2D eigenvalue weighted by Crippen LogP contribution is 2.16. The molecule has 1 aliphatic rings. The lowest BCUT2D eigenvalue weighted by molar-refractivity contribution is 0.228. The van der Waals surface area contributed by atoms with Crippen LogP contribution in [0.25, 0.3) is 0 Å². The lowest BCUT2D eigenvalue weighted by atomic mass is 10.1. The van der Waals surface area contributed by atoms with Crippen molar-refractivity contribution in [3.05, 3.63) is 23.8 Å². The third-order valence-electron chi connectivity index (χ3n) is 3.47. The van der Waals surface area contributed by atoms with E-state index in [1.165, 1.54) is 0 Å². The highest BCUT2D eigenvalue weighted by atomic mass is 15.2. The van der Waals surface area contributed by atoms with Crippen molar-refractivity contribution in [2.45, 2.75) is 32.6 Å². The van der Waals surface area contributed by atoms with Gasteiger partial charge in [0.25, 0.3) is 0 Å². The molecule has 2 heterocycles. The van der Waals surface area contributed by atoms with Crippen molar-refractivity contribution in [2.75, 3.05) is 32.7 Å². The molecule has 18 heavy (non-hydrogen) atoms. The molecule has 1 aliphatic heterocycles. The first-order valence-corrected chi connectivity index (χ1v) is 6.92. The van der Waals surface area contributed by atoms with Gasteiger partial charge in [0.05, 0.1) is 0 Å². The number of hydrogen-bond acceptors (Lipinski definition) is 4. The molecule has 4 nitrogen and oxygen atoms in total. The van der Waals surface area contributed by atoms with Gasteiger partial charge < -0.3 is 10.2 Å². The summed E-state index contributed by atoms with van der Waals surface area (Å²) in [5.74, 6) is 1.86. The number of aromatic nitrogens is 2. The van der Waals surface area contributed by atoms with E-state index in [0.717, 1.165) is 44.2 Å². The molecule has 0 aliphatic carbocycles. The molecule has 1 unspecified atom stereocenters. The van der Waals surface area contributed by atoms with Gasteiger partial charge in [-0.05, 0) is 12.0 Å². The van der Waals surface area contributed by atoms with Gasteiger partial charge in [-0.1, -0.05) is 20.8 Å². The molecule has 0 bridgehead atoms. The van der Waals surface area contributed by atoms with E-state index in [9.17, 15) is 0 Å². The van der Waals surface area contributed by atoms with E-state index in [1.807, 2.05) is 12.3 Å². The summed E-state index contributed by atoms with van der Waals surface area (Å²) >= 11 is 0. The Bertz CT molecular complexity index is 372. The van der Waals surface area contributed by atoms with Crippen LogP contribution in [0.3, 0.4) is 0 Å². The maximum absolute atomic E-state index is 4.68. The second kappa shape index (κ2) is 6.25. The number of nitrogens with zero attached hydrogens (tertiary/aromatic N) is 3. The molecule has 1 aromatic rings. The summed E-state index contributed by atoms with van der Waals surface area (Å²) in [6, 6.07) is 2.02. The van der Waals surface area contributed by atoms with Crippen molar-refractivity contribution in [3.8, 4) is 0 Å². The molecule has 1 saturated heterocycles. The number of piperazine rings is 1.